The van der Waals surface area contributed by atoms with Gasteiger partial charge in [-0.3, -0.25) is 0 Å². The molecular formula is C11H16N2O4. The minimum absolute atomic E-state index is 0.113. The summed E-state index contributed by atoms with van der Waals surface area (Å²) in [6.07, 6.45) is 3.61. The van der Waals surface area contributed by atoms with Crippen molar-refractivity contribution in [2.24, 2.45) is 0 Å². The van der Waals surface area contributed by atoms with E-state index >= 15 is 0 Å². The molecule has 0 aliphatic carbocycles. The number of esters is 1. The lowest BCUT2D eigenvalue weighted by molar-refractivity contribution is 0.0519. The molecule has 0 radical (unpaired) electrons. The van der Waals surface area contributed by atoms with Gasteiger partial charge in [-0.2, -0.15) is 4.98 Å². The number of aromatic nitrogens is 1. The van der Waals surface area contributed by atoms with Crippen molar-refractivity contribution in [3.8, 4) is 6.08 Å². The fourth-order valence-electron chi connectivity index (χ4n) is 1.69. The van der Waals surface area contributed by atoms with Gasteiger partial charge in [0.25, 0.3) is 0 Å². The molecule has 1 aliphatic rings. The minimum Gasteiger partial charge on any atom is -0.461 e. The summed E-state index contributed by atoms with van der Waals surface area (Å²) in [5, 5.41) is 3.29. The second-order valence-electron chi connectivity index (χ2n) is 3.82. The summed E-state index contributed by atoms with van der Waals surface area (Å²) in [5.74, 6) is -0.495. The maximum atomic E-state index is 11.3. The van der Waals surface area contributed by atoms with E-state index in [1.165, 1.54) is 6.26 Å². The molecule has 0 amide bonds. The molecule has 1 aliphatic heterocycles. The third kappa shape index (κ3) is 3.20. The third-order valence-corrected chi connectivity index (χ3v) is 2.54. The van der Waals surface area contributed by atoms with Gasteiger partial charge >= 0.3 is 12.0 Å². The molecular weight excluding hydrogens is 224 g/mol. The van der Waals surface area contributed by atoms with Gasteiger partial charge in [0.15, 0.2) is 5.69 Å². The van der Waals surface area contributed by atoms with Gasteiger partial charge < -0.3 is 19.2 Å². The van der Waals surface area contributed by atoms with Crippen LogP contribution in [0.5, 0.6) is 6.08 Å². The Bertz CT molecular complexity index is 371. The van der Waals surface area contributed by atoms with E-state index < -0.39 is 5.97 Å². The van der Waals surface area contributed by atoms with E-state index in [1.54, 1.807) is 6.92 Å². The van der Waals surface area contributed by atoms with Crippen LogP contribution in [-0.2, 0) is 4.74 Å². The standard InChI is InChI=1S/C11H16N2O4/c1-2-15-10(14)9-7-17-11(13-9)16-6-8-4-3-5-12-8/h7-8,12H,2-6H2,1H3. The minimum atomic E-state index is -0.495. The number of rotatable bonds is 5. The van der Waals surface area contributed by atoms with E-state index in [0.29, 0.717) is 19.3 Å². The molecule has 1 unspecified atom stereocenters. The molecule has 2 heterocycles. The summed E-state index contributed by atoms with van der Waals surface area (Å²) < 4.78 is 15.2. The number of nitrogens with zero attached hydrogens (tertiary/aromatic N) is 1. The number of nitrogens with one attached hydrogen (secondary N) is 1. The molecule has 0 bridgehead atoms. The van der Waals surface area contributed by atoms with Crippen molar-refractivity contribution in [2.75, 3.05) is 19.8 Å². The largest absolute Gasteiger partial charge is 0.461 e. The highest BCUT2D eigenvalue weighted by atomic mass is 16.6. The molecule has 1 atom stereocenters. The van der Waals surface area contributed by atoms with E-state index in [1.807, 2.05) is 0 Å². The summed E-state index contributed by atoms with van der Waals surface area (Å²) in [7, 11) is 0. The number of hydrogen-bond acceptors (Lipinski definition) is 6. The Labute approximate surface area is 99.3 Å². The van der Waals surface area contributed by atoms with Crippen molar-refractivity contribution in [3.63, 3.8) is 0 Å². The summed E-state index contributed by atoms with van der Waals surface area (Å²) in [6.45, 7) is 3.57. The van der Waals surface area contributed by atoms with Crippen LogP contribution in [0.4, 0.5) is 0 Å². The fraction of sp³-hybridized carbons (Fsp3) is 0.636. The topological polar surface area (TPSA) is 73.6 Å². The van der Waals surface area contributed by atoms with Crippen molar-refractivity contribution in [1.29, 1.82) is 0 Å². The van der Waals surface area contributed by atoms with Gasteiger partial charge in [-0.1, -0.05) is 0 Å². The molecule has 0 saturated carbocycles. The van der Waals surface area contributed by atoms with E-state index in [2.05, 4.69) is 10.3 Å². The molecule has 94 valence electrons. The smallest absolute Gasteiger partial charge is 0.394 e. The normalized spacial score (nSPS) is 19.2. The zero-order chi connectivity index (χ0) is 12.1. The molecule has 17 heavy (non-hydrogen) atoms. The van der Waals surface area contributed by atoms with Gasteiger partial charge in [0.2, 0.25) is 0 Å². The lowest BCUT2D eigenvalue weighted by Gasteiger charge is -2.08. The second kappa shape index (κ2) is 5.67. The van der Waals surface area contributed by atoms with Gasteiger partial charge in [0.05, 0.1) is 6.61 Å². The maximum Gasteiger partial charge on any atom is 0.394 e. The Balaban J connectivity index is 1.83. The van der Waals surface area contributed by atoms with Gasteiger partial charge in [-0.15, -0.1) is 0 Å². The van der Waals surface area contributed by atoms with Gasteiger partial charge in [0.1, 0.15) is 12.9 Å². The zero-order valence-electron chi connectivity index (χ0n) is 9.77. The van der Waals surface area contributed by atoms with Crippen molar-refractivity contribution >= 4 is 5.97 Å². The Morgan fingerprint density at radius 2 is 2.59 bits per heavy atom. The molecule has 0 aromatic carbocycles. The number of hydrogen-bond donors (Lipinski definition) is 1. The summed E-state index contributed by atoms with van der Waals surface area (Å²) >= 11 is 0. The lowest BCUT2D eigenvalue weighted by Crippen LogP contribution is -2.28. The average Bonchev–Trinajstić information content (AvgIpc) is 2.98. The molecule has 1 aromatic rings. The Morgan fingerprint density at radius 3 is 3.29 bits per heavy atom. The van der Waals surface area contributed by atoms with Gasteiger partial charge in [-0.25, -0.2) is 4.79 Å². The highest BCUT2D eigenvalue weighted by Gasteiger charge is 2.17. The van der Waals surface area contributed by atoms with Crippen LogP contribution in [0.15, 0.2) is 10.7 Å². The maximum absolute atomic E-state index is 11.3. The zero-order valence-corrected chi connectivity index (χ0v) is 9.77. The van der Waals surface area contributed by atoms with Crippen LogP contribution >= 0.6 is 0 Å². The first-order valence-electron chi connectivity index (χ1n) is 5.78. The second-order valence-corrected chi connectivity index (χ2v) is 3.82. The monoisotopic (exact) mass is 240 g/mol. The van der Waals surface area contributed by atoms with E-state index in [0.717, 1.165) is 19.4 Å². The first-order valence-corrected chi connectivity index (χ1v) is 5.78. The molecule has 0 spiro atoms. The summed E-state index contributed by atoms with van der Waals surface area (Å²) in [4.78, 5) is 15.2. The average molecular weight is 240 g/mol. The van der Waals surface area contributed by atoms with Crippen molar-refractivity contribution in [1.82, 2.24) is 10.3 Å². The van der Waals surface area contributed by atoms with Crippen LogP contribution in [-0.4, -0.2) is 36.8 Å². The van der Waals surface area contributed by atoms with Crippen LogP contribution in [0.1, 0.15) is 30.3 Å². The van der Waals surface area contributed by atoms with Crippen LogP contribution in [0.2, 0.25) is 0 Å². The quantitative estimate of drug-likeness (QED) is 0.773. The SMILES string of the molecule is CCOC(=O)c1coc(OCC2CCCN2)n1. The van der Waals surface area contributed by atoms with Crippen LogP contribution < -0.4 is 10.1 Å². The molecule has 6 heteroatoms. The summed E-state index contributed by atoms with van der Waals surface area (Å²) in [6, 6.07) is 0.341. The van der Waals surface area contributed by atoms with E-state index in [4.69, 9.17) is 13.9 Å². The summed E-state index contributed by atoms with van der Waals surface area (Å²) in [5.41, 5.74) is 0.140. The van der Waals surface area contributed by atoms with E-state index in [-0.39, 0.29) is 11.8 Å². The van der Waals surface area contributed by atoms with Gasteiger partial charge in [0, 0.05) is 6.04 Å². The van der Waals surface area contributed by atoms with Crippen molar-refractivity contribution < 1.29 is 18.7 Å². The number of ether oxygens (including phenoxy) is 2. The van der Waals surface area contributed by atoms with Crippen molar-refractivity contribution in [3.05, 3.63) is 12.0 Å². The fourth-order valence-corrected chi connectivity index (χ4v) is 1.69. The first kappa shape index (κ1) is 11.9. The first-order chi connectivity index (χ1) is 8.29. The van der Waals surface area contributed by atoms with Crippen molar-refractivity contribution in [2.45, 2.75) is 25.8 Å². The molecule has 2 rings (SSSR count). The molecule has 1 aromatic heterocycles. The van der Waals surface area contributed by atoms with Crippen LogP contribution in [0.3, 0.4) is 0 Å². The Kier molecular flexibility index (Phi) is 3.98. The molecule has 1 N–H and O–H groups in total. The predicted octanol–water partition coefficient (Wildman–Crippen LogP) is 0.982. The van der Waals surface area contributed by atoms with E-state index in [9.17, 15) is 4.79 Å². The molecule has 6 nitrogen and oxygen atoms in total. The Morgan fingerprint density at radius 1 is 1.71 bits per heavy atom. The predicted molar refractivity (Wildman–Crippen MR) is 59.0 cm³/mol. The van der Waals surface area contributed by atoms with Crippen LogP contribution in [0, 0.1) is 0 Å². The highest BCUT2D eigenvalue weighted by molar-refractivity contribution is 5.86. The Hall–Kier alpha value is -1.56. The number of carbonyl (C=O) groups excluding carboxylic acids is 1. The third-order valence-electron chi connectivity index (χ3n) is 2.54. The lowest BCUT2D eigenvalue weighted by atomic mass is 10.2. The van der Waals surface area contributed by atoms with Crippen LogP contribution in [0.25, 0.3) is 0 Å². The number of carbonyl (C=O) groups is 1. The highest BCUT2D eigenvalue weighted by Crippen LogP contribution is 2.13. The molecule has 1 fully saturated rings. The number of oxazole rings is 1. The van der Waals surface area contributed by atoms with Gasteiger partial charge in [-0.05, 0) is 26.3 Å². The molecule has 1 saturated heterocycles.